The van der Waals surface area contributed by atoms with Crippen LogP contribution >= 0.6 is 0 Å². The number of carboxylic acid groups (broad SMARTS) is 1. The molecule has 0 aromatic heterocycles. The van der Waals surface area contributed by atoms with Crippen LogP contribution in [0.1, 0.15) is 13.8 Å². The molecule has 1 unspecified atom stereocenters. The van der Waals surface area contributed by atoms with Crippen molar-refractivity contribution in [2.75, 3.05) is 0 Å². The first-order valence-electron chi connectivity index (χ1n) is 3.83. The summed E-state index contributed by atoms with van der Waals surface area (Å²) in [4.78, 5) is 10.0. The molecule has 0 rings (SSSR count). The van der Waals surface area contributed by atoms with Crippen molar-refractivity contribution < 1.29 is 31.9 Å². The molecule has 0 aliphatic rings. The molecule has 0 N–H and O–H groups in total. The molecule has 0 amide bonds. The minimum Gasteiger partial charge on any atom is -0.545 e. The third-order valence-electron chi connectivity index (χ3n) is 1.66. The third kappa shape index (κ3) is 2.90. The second-order valence-electron chi connectivity index (χ2n) is 2.98. The Hall–Kier alpha value is -1.14. The van der Waals surface area contributed by atoms with Gasteiger partial charge in [0.15, 0.2) is 6.17 Å². The Morgan fingerprint density at radius 1 is 1.33 bits per heavy atom. The van der Waals surface area contributed by atoms with Crippen molar-refractivity contribution in [3.63, 3.8) is 0 Å². The molecule has 0 radical (unpaired) electrons. The molecule has 2 nitrogen and oxygen atoms in total. The maximum atomic E-state index is 12.7. The Labute approximate surface area is 82.4 Å². The number of carboxylic acids is 1. The molecule has 0 saturated heterocycles. The summed E-state index contributed by atoms with van der Waals surface area (Å²) in [7, 11) is 0. The number of rotatable bonds is 4. The lowest BCUT2D eigenvalue weighted by Gasteiger charge is -2.25. The lowest BCUT2D eigenvalue weighted by Crippen LogP contribution is -2.46. The Morgan fingerprint density at radius 3 is 2.00 bits per heavy atom. The summed E-state index contributed by atoms with van der Waals surface area (Å²) in [6, 6.07) is 0. The van der Waals surface area contributed by atoms with E-state index in [4.69, 9.17) is 0 Å². The maximum absolute atomic E-state index is 12.7. The lowest BCUT2D eigenvalue weighted by atomic mass is 10.1. The topological polar surface area (TPSA) is 40.1 Å². The molecule has 0 aliphatic carbocycles. The van der Waals surface area contributed by atoms with Crippen LogP contribution in [0.25, 0.3) is 0 Å². The van der Waals surface area contributed by atoms with Crippen LogP contribution in [0.4, 0.5) is 22.0 Å². The van der Waals surface area contributed by atoms with E-state index >= 15 is 0 Å². The van der Waals surface area contributed by atoms with Crippen LogP contribution in [0, 0.1) is 0 Å². The predicted octanol–water partition coefficient (Wildman–Crippen LogP) is 1.31. The van der Waals surface area contributed by atoms with Gasteiger partial charge in [0, 0.05) is 0 Å². The summed E-state index contributed by atoms with van der Waals surface area (Å²) < 4.78 is 62.7. The number of alkyl halides is 5. The van der Waals surface area contributed by atoms with Gasteiger partial charge in [-0.3, -0.25) is 0 Å². The van der Waals surface area contributed by atoms with Crippen LogP contribution in [-0.4, -0.2) is 24.0 Å². The van der Waals surface area contributed by atoms with Gasteiger partial charge in [-0.1, -0.05) is 0 Å². The van der Waals surface area contributed by atoms with Gasteiger partial charge < -0.3 is 9.90 Å². The van der Waals surface area contributed by atoms with Crippen LogP contribution in [0.5, 0.6) is 0 Å². The largest absolute Gasteiger partial charge is 0.545 e. The highest BCUT2D eigenvalue weighted by Gasteiger charge is 2.58. The molecule has 0 heterocycles. The SMILES string of the molecule is C/C(=C\C(F)(F)C(F)(F)C(C)F)C(=O)[O-]. The average Bonchev–Trinajstić information content (AvgIpc) is 2.02. The van der Waals surface area contributed by atoms with Crippen molar-refractivity contribution in [1.82, 2.24) is 0 Å². The standard InChI is InChI=1S/C8H9F5O2/c1-4(6(14)15)3-7(10,11)8(12,13)5(2)9/h3,5H,1-2H3,(H,14,15)/p-1/b4-3+. The fourth-order valence-electron chi connectivity index (χ4n) is 0.692. The van der Waals surface area contributed by atoms with Crippen LogP contribution in [0.2, 0.25) is 0 Å². The molecule has 0 bridgehead atoms. The molecular weight excluding hydrogens is 223 g/mol. The third-order valence-corrected chi connectivity index (χ3v) is 1.66. The molecule has 15 heavy (non-hydrogen) atoms. The second kappa shape index (κ2) is 4.16. The van der Waals surface area contributed by atoms with Gasteiger partial charge >= 0.3 is 11.8 Å². The van der Waals surface area contributed by atoms with Crippen molar-refractivity contribution in [1.29, 1.82) is 0 Å². The fraction of sp³-hybridized carbons (Fsp3) is 0.625. The summed E-state index contributed by atoms with van der Waals surface area (Å²) in [5.74, 6) is -11.8. The molecule has 0 aliphatic heterocycles. The van der Waals surface area contributed by atoms with Crippen molar-refractivity contribution in [2.24, 2.45) is 0 Å². The van der Waals surface area contributed by atoms with E-state index in [1.165, 1.54) is 0 Å². The van der Waals surface area contributed by atoms with Gasteiger partial charge in [0.2, 0.25) is 0 Å². The van der Waals surface area contributed by atoms with Crippen molar-refractivity contribution in [2.45, 2.75) is 31.9 Å². The summed E-state index contributed by atoms with van der Waals surface area (Å²) in [6.07, 6.45) is -3.61. The summed E-state index contributed by atoms with van der Waals surface area (Å²) in [5, 5.41) is 10.0. The van der Waals surface area contributed by atoms with E-state index in [9.17, 15) is 31.9 Å². The summed E-state index contributed by atoms with van der Waals surface area (Å²) >= 11 is 0. The monoisotopic (exact) mass is 231 g/mol. The van der Waals surface area contributed by atoms with Crippen LogP contribution < -0.4 is 5.11 Å². The van der Waals surface area contributed by atoms with E-state index in [-0.39, 0.29) is 6.92 Å². The maximum Gasteiger partial charge on any atom is 0.344 e. The zero-order valence-electron chi connectivity index (χ0n) is 7.86. The molecule has 7 heteroatoms. The van der Waals surface area contributed by atoms with Gasteiger partial charge in [0.05, 0.1) is 5.97 Å². The van der Waals surface area contributed by atoms with E-state index in [0.29, 0.717) is 6.92 Å². The Kier molecular flexibility index (Phi) is 3.84. The highest BCUT2D eigenvalue weighted by atomic mass is 19.3. The number of halogens is 5. The van der Waals surface area contributed by atoms with Crippen LogP contribution in [0.15, 0.2) is 11.6 Å². The molecule has 0 saturated carbocycles. The average molecular weight is 231 g/mol. The van der Waals surface area contributed by atoms with Gasteiger partial charge in [-0.15, -0.1) is 0 Å². The highest BCUT2D eigenvalue weighted by Crippen LogP contribution is 2.39. The Balaban J connectivity index is 5.15. The lowest BCUT2D eigenvalue weighted by molar-refractivity contribution is -0.299. The highest BCUT2D eigenvalue weighted by molar-refractivity contribution is 5.84. The quantitative estimate of drug-likeness (QED) is 0.540. The van der Waals surface area contributed by atoms with Gasteiger partial charge in [0.25, 0.3) is 0 Å². The first-order valence-corrected chi connectivity index (χ1v) is 3.83. The first kappa shape index (κ1) is 13.9. The molecule has 1 atom stereocenters. The number of allylic oxidation sites excluding steroid dienone is 1. The number of aliphatic carboxylic acids is 1. The summed E-state index contributed by atoms with van der Waals surface area (Å²) in [5.41, 5.74) is -1.08. The van der Waals surface area contributed by atoms with E-state index in [1.807, 2.05) is 0 Å². The zero-order chi connectivity index (χ0) is 12.4. The van der Waals surface area contributed by atoms with Gasteiger partial charge in [0.1, 0.15) is 0 Å². The predicted molar refractivity (Wildman–Crippen MR) is 39.2 cm³/mol. The molecule has 0 aromatic rings. The van der Waals surface area contributed by atoms with E-state index < -0.39 is 35.6 Å². The molecule has 0 spiro atoms. The number of hydrogen-bond acceptors (Lipinski definition) is 2. The van der Waals surface area contributed by atoms with Crippen LogP contribution in [0.3, 0.4) is 0 Å². The summed E-state index contributed by atoms with van der Waals surface area (Å²) in [6.45, 7) is 0.915. The van der Waals surface area contributed by atoms with Crippen LogP contribution in [-0.2, 0) is 4.79 Å². The Bertz CT molecular complexity index is 283. The second-order valence-corrected chi connectivity index (χ2v) is 2.98. The van der Waals surface area contributed by atoms with Gasteiger partial charge in [-0.05, 0) is 25.5 Å². The van der Waals surface area contributed by atoms with Gasteiger partial charge in [-0.25, -0.2) is 4.39 Å². The normalized spacial score (nSPS) is 16.3. The molecule has 0 fully saturated rings. The number of carbonyl (C=O) groups is 1. The molecule has 0 aromatic carbocycles. The fourth-order valence-corrected chi connectivity index (χ4v) is 0.692. The first-order chi connectivity index (χ1) is 6.52. The van der Waals surface area contributed by atoms with E-state index in [1.54, 1.807) is 0 Å². The van der Waals surface area contributed by atoms with Crippen molar-refractivity contribution in [3.8, 4) is 0 Å². The number of hydrogen-bond donors (Lipinski definition) is 0. The minimum atomic E-state index is -4.95. The van der Waals surface area contributed by atoms with E-state index in [2.05, 4.69) is 0 Å². The van der Waals surface area contributed by atoms with Crippen molar-refractivity contribution in [3.05, 3.63) is 11.6 Å². The zero-order valence-corrected chi connectivity index (χ0v) is 7.86. The minimum absolute atomic E-state index is 0.260. The number of carbonyl (C=O) groups excluding carboxylic acids is 1. The Morgan fingerprint density at radius 2 is 1.73 bits per heavy atom. The van der Waals surface area contributed by atoms with E-state index in [0.717, 1.165) is 0 Å². The van der Waals surface area contributed by atoms with Gasteiger partial charge in [-0.2, -0.15) is 17.6 Å². The van der Waals surface area contributed by atoms with Crippen molar-refractivity contribution >= 4 is 5.97 Å². The molecule has 88 valence electrons. The smallest absolute Gasteiger partial charge is 0.344 e. The molecular formula is C8H8F5O2-.